The lowest BCUT2D eigenvalue weighted by Crippen LogP contribution is -2.38. The first-order valence-electron chi connectivity index (χ1n) is 6.43. The Kier molecular flexibility index (Phi) is 3.24. The molecule has 2 atom stereocenters. The number of hydrogen-bond acceptors (Lipinski definition) is 5. The van der Waals surface area contributed by atoms with Crippen LogP contribution in [-0.2, 0) is 0 Å². The number of rotatable bonds is 2. The Bertz CT molecular complexity index is 516. The van der Waals surface area contributed by atoms with E-state index in [0.29, 0.717) is 23.5 Å². The normalized spacial score (nSPS) is 26.2. The first kappa shape index (κ1) is 12.6. The smallest absolute Gasteiger partial charge is 0.324 e. The number of nitro groups is 1. The standard InChI is InChI=1S/C12H15N3O3S/c16-12(10-3-4-11(19-10)15(17)18)14-6-5-8-1-2-9(7-14)13-8/h3-4,8-9,13H,1-2,5-7H2. The van der Waals surface area contributed by atoms with Gasteiger partial charge in [0.1, 0.15) is 0 Å². The molecule has 19 heavy (non-hydrogen) atoms. The van der Waals surface area contributed by atoms with Gasteiger partial charge in [0.25, 0.3) is 5.91 Å². The third kappa shape index (κ3) is 2.48. The van der Waals surface area contributed by atoms with Crippen molar-refractivity contribution < 1.29 is 9.72 Å². The van der Waals surface area contributed by atoms with Crippen LogP contribution in [-0.4, -0.2) is 40.9 Å². The highest BCUT2D eigenvalue weighted by atomic mass is 32.1. The van der Waals surface area contributed by atoms with Crippen LogP contribution in [0.4, 0.5) is 5.00 Å². The predicted molar refractivity (Wildman–Crippen MR) is 71.4 cm³/mol. The van der Waals surface area contributed by atoms with E-state index in [4.69, 9.17) is 0 Å². The summed E-state index contributed by atoms with van der Waals surface area (Å²) in [4.78, 5) is 24.8. The number of thiophene rings is 1. The molecule has 0 aliphatic carbocycles. The van der Waals surface area contributed by atoms with Gasteiger partial charge < -0.3 is 10.2 Å². The summed E-state index contributed by atoms with van der Waals surface area (Å²) in [6.45, 7) is 1.44. The highest BCUT2D eigenvalue weighted by Gasteiger charge is 2.32. The molecule has 102 valence electrons. The van der Waals surface area contributed by atoms with Gasteiger partial charge in [0, 0.05) is 31.2 Å². The van der Waals surface area contributed by atoms with Gasteiger partial charge in [-0.3, -0.25) is 14.9 Å². The maximum absolute atomic E-state index is 12.4. The molecule has 1 N–H and O–H groups in total. The molecule has 1 aromatic heterocycles. The van der Waals surface area contributed by atoms with E-state index in [1.807, 2.05) is 4.90 Å². The van der Waals surface area contributed by atoms with E-state index in [-0.39, 0.29) is 10.9 Å². The Labute approximate surface area is 114 Å². The van der Waals surface area contributed by atoms with Gasteiger partial charge in [0.2, 0.25) is 0 Å². The van der Waals surface area contributed by atoms with Crippen molar-refractivity contribution in [2.45, 2.75) is 31.3 Å². The number of carbonyl (C=O) groups excluding carboxylic acids is 1. The van der Waals surface area contributed by atoms with E-state index in [1.165, 1.54) is 12.5 Å². The molecule has 2 aliphatic rings. The highest BCUT2D eigenvalue weighted by molar-refractivity contribution is 7.17. The number of nitrogens with one attached hydrogen (secondary N) is 1. The Hall–Kier alpha value is -1.47. The Morgan fingerprint density at radius 1 is 1.37 bits per heavy atom. The second-order valence-corrected chi connectivity index (χ2v) is 6.13. The molecule has 2 saturated heterocycles. The number of hydrogen-bond donors (Lipinski definition) is 1. The van der Waals surface area contributed by atoms with E-state index in [9.17, 15) is 14.9 Å². The fourth-order valence-corrected chi connectivity index (χ4v) is 3.61. The fourth-order valence-electron chi connectivity index (χ4n) is 2.82. The van der Waals surface area contributed by atoms with Crippen molar-refractivity contribution in [3.63, 3.8) is 0 Å². The number of nitrogens with zero attached hydrogens (tertiary/aromatic N) is 2. The van der Waals surface area contributed by atoms with E-state index in [1.54, 1.807) is 6.07 Å². The van der Waals surface area contributed by atoms with Crippen molar-refractivity contribution in [3.05, 3.63) is 27.1 Å². The average Bonchev–Trinajstić information content (AvgIpc) is 2.95. The van der Waals surface area contributed by atoms with E-state index < -0.39 is 4.92 Å². The van der Waals surface area contributed by atoms with Gasteiger partial charge in [-0.15, -0.1) is 0 Å². The van der Waals surface area contributed by atoms with Crippen LogP contribution in [0.2, 0.25) is 0 Å². The SMILES string of the molecule is O=C(c1ccc([N+](=O)[O-])s1)N1CCC2CCC(C1)N2. The Balaban J connectivity index is 1.73. The second kappa shape index (κ2) is 4.90. The zero-order valence-electron chi connectivity index (χ0n) is 10.4. The number of fused-ring (bicyclic) bond motifs is 2. The van der Waals surface area contributed by atoms with Crippen molar-refractivity contribution >= 4 is 22.2 Å². The molecular formula is C12H15N3O3S. The fraction of sp³-hybridized carbons (Fsp3) is 0.583. The van der Waals surface area contributed by atoms with Crippen LogP contribution in [0, 0.1) is 10.1 Å². The molecule has 3 rings (SSSR count). The van der Waals surface area contributed by atoms with E-state index in [0.717, 1.165) is 30.7 Å². The summed E-state index contributed by atoms with van der Waals surface area (Å²) in [5.74, 6) is -0.0764. The van der Waals surface area contributed by atoms with Gasteiger partial charge in [-0.2, -0.15) is 0 Å². The lowest BCUT2D eigenvalue weighted by molar-refractivity contribution is -0.380. The minimum atomic E-state index is -0.451. The summed E-state index contributed by atoms with van der Waals surface area (Å²) in [5.41, 5.74) is 0. The average molecular weight is 281 g/mol. The molecule has 2 bridgehead atoms. The van der Waals surface area contributed by atoms with Gasteiger partial charge >= 0.3 is 5.00 Å². The van der Waals surface area contributed by atoms with Crippen LogP contribution in [0.3, 0.4) is 0 Å². The molecule has 1 amide bonds. The quantitative estimate of drug-likeness (QED) is 0.660. The lowest BCUT2D eigenvalue weighted by atomic mass is 10.1. The first-order chi connectivity index (χ1) is 9.13. The number of amides is 1. The molecule has 7 heteroatoms. The van der Waals surface area contributed by atoms with Crippen molar-refractivity contribution in [2.75, 3.05) is 13.1 Å². The number of likely N-dealkylation sites (tertiary alicyclic amines) is 1. The molecule has 0 aromatic carbocycles. The molecule has 6 nitrogen and oxygen atoms in total. The Morgan fingerprint density at radius 2 is 2.16 bits per heavy atom. The topological polar surface area (TPSA) is 75.5 Å². The largest absolute Gasteiger partial charge is 0.336 e. The van der Waals surface area contributed by atoms with Gasteiger partial charge in [0.05, 0.1) is 9.80 Å². The van der Waals surface area contributed by atoms with E-state index >= 15 is 0 Å². The summed E-state index contributed by atoms with van der Waals surface area (Å²) in [6, 6.07) is 3.87. The molecule has 2 unspecified atom stereocenters. The van der Waals surface area contributed by atoms with Crippen LogP contribution in [0.25, 0.3) is 0 Å². The molecule has 0 spiro atoms. The summed E-state index contributed by atoms with van der Waals surface area (Å²) < 4.78 is 0. The zero-order chi connectivity index (χ0) is 13.4. The molecule has 0 radical (unpaired) electrons. The van der Waals surface area contributed by atoms with Crippen molar-refractivity contribution in [2.24, 2.45) is 0 Å². The lowest BCUT2D eigenvalue weighted by Gasteiger charge is -2.23. The first-order valence-corrected chi connectivity index (χ1v) is 7.24. The molecule has 3 heterocycles. The second-order valence-electron chi connectivity index (χ2n) is 5.07. The van der Waals surface area contributed by atoms with Gasteiger partial charge in [-0.1, -0.05) is 11.3 Å². The van der Waals surface area contributed by atoms with Crippen molar-refractivity contribution in [1.29, 1.82) is 0 Å². The predicted octanol–water partition coefficient (Wildman–Crippen LogP) is 1.62. The van der Waals surface area contributed by atoms with Gasteiger partial charge in [-0.25, -0.2) is 0 Å². The van der Waals surface area contributed by atoms with Crippen LogP contribution < -0.4 is 5.32 Å². The molecule has 1 aromatic rings. The third-order valence-corrected chi connectivity index (χ3v) is 4.82. The van der Waals surface area contributed by atoms with Crippen LogP contribution >= 0.6 is 11.3 Å². The number of carbonyl (C=O) groups is 1. The van der Waals surface area contributed by atoms with Crippen LogP contribution in [0.15, 0.2) is 12.1 Å². The maximum atomic E-state index is 12.4. The van der Waals surface area contributed by atoms with Crippen LogP contribution in [0.5, 0.6) is 0 Å². The summed E-state index contributed by atoms with van der Waals surface area (Å²) >= 11 is 0.959. The molecule has 2 aliphatic heterocycles. The zero-order valence-corrected chi connectivity index (χ0v) is 11.2. The highest BCUT2D eigenvalue weighted by Crippen LogP contribution is 2.27. The molecular weight excluding hydrogens is 266 g/mol. The van der Waals surface area contributed by atoms with E-state index in [2.05, 4.69) is 5.32 Å². The summed E-state index contributed by atoms with van der Waals surface area (Å²) in [7, 11) is 0. The summed E-state index contributed by atoms with van der Waals surface area (Å²) in [5, 5.41) is 14.2. The van der Waals surface area contributed by atoms with Crippen molar-refractivity contribution in [3.8, 4) is 0 Å². The van der Waals surface area contributed by atoms with Gasteiger partial charge in [0.15, 0.2) is 0 Å². The maximum Gasteiger partial charge on any atom is 0.324 e. The minimum Gasteiger partial charge on any atom is -0.336 e. The van der Waals surface area contributed by atoms with Gasteiger partial charge in [-0.05, 0) is 25.3 Å². The monoisotopic (exact) mass is 281 g/mol. The Morgan fingerprint density at radius 3 is 2.89 bits per heavy atom. The molecule has 2 fully saturated rings. The summed E-state index contributed by atoms with van der Waals surface area (Å²) in [6.07, 6.45) is 3.27. The molecule has 0 saturated carbocycles. The third-order valence-electron chi connectivity index (χ3n) is 3.79. The van der Waals surface area contributed by atoms with Crippen LogP contribution in [0.1, 0.15) is 28.9 Å². The van der Waals surface area contributed by atoms with Crippen molar-refractivity contribution in [1.82, 2.24) is 10.2 Å². The minimum absolute atomic E-state index is 0.0258.